The number of hydrogen-bond acceptors (Lipinski definition) is 1. The monoisotopic (exact) mass is 367 g/mol. The number of halogens is 2. The van der Waals surface area contributed by atoms with Crippen LogP contribution in [0.1, 0.15) is 16.7 Å². The molecule has 0 bridgehead atoms. The standard InChI is InChI=1S/C15H15Br2N/c1-10-11(2)15(8-7-14(10)17)18-9-12-3-5-13(16)6-4-12/h3-8,18H,9H2,1-2H3. The van der Waals surface area contributed by atoms with Gasteiger partial charge in [-0.25, -0.2) is 0 Å². The molecular weight excluding hydrogens is 354 g/mol. The van der Waals surface area contributed by atoms with Crippen molar-refractivity contribution in [3.05, 3.63) is 62.0 Å². The number of nitrogens with one attached hydrogen (secondary N) is 1. The van der Waals surface area contributed by atoms with Gasteiger partial charge in [-0.15, -0.1) is 0 Å². The average Bonchev–Trinajstić information content (AvgIpc) is 2.37. The highest BCUT2D eigenvalue weighted by molar-refractivity contribution is 9.10. The first-order chi connectivity index (χ1) is 8.58. The minimum absolute atomic E-state index is 0.842. The zero-order chi connectivity index (χ0) is 13.1. The molecule has 0 spiro atoms. The molecule has 18 heavy (non-hydrogen) atoms. The highest BCUT2D eigenvalue weighted by Gasteiger charge is 2.04. The fourth-order valence-corrected chi connectivity index (χ4v) is 2.47. The third-order valence-corrected chi connectivity index (χ3v) is 4.51. The minimum atomic E-state index is 0.842. The highest BCUT2D eigenvalue weighted by atomic mass is 79.9. The van der Waals surface area contributed by atoms with Crippen molar-refractivity contribution >= 4 is 37.5 Å². The van der Waals surface area contributed by atoms with Gasteiger partial charge in [0, 0.05) is 21.2 Å². The molecule has 3 heteroatoms. The van der Waals surface area contributed by atoms with Gasteiger partial charge in [-0.1, -0.05) is 44.0 Å². The molecule has 2 rings (SSSR count). The van der Waals surface area contributed by atoms with Crippen molar-refractivity contribution in [1.29, 1.82) is 0 Å². The molecule has 0 aliphatic heterocycles. The van der Waals surface area contributed by atoms with E-state index in [1.807, 2.05) is 0 Å². The molecule has 0 fully saturated rings. The maximum absolute atomic E-state index is 3.55. The Hall–Kier alpha value is -0.800. The fourth-order valence-electron chi connectivity index (χ4n) is 1.78. The lowest BCUT2D eigenvalue weighted by molar-refractivity contribution is 1.13. The van der Waals surface area contributed by atoms with E-state index in [-0.39, 0.29) is 0 Å². The van der Waals surface area contributed by atoms with E-state index in [1.54, 1.807) is 0 Å². The molecule has 1 nitrogen and oxygen atoms in total. The van der Waals surface area contributed by atoms with Crippen molar-refractivity contribution < 1.29 is 0 Å². The first-order valence-corrected chi connectivity index (χ1v) is 7.40. The SMILES string of the molecule is Cc1c(Br)ccc(NCc2ccc(Br)cc2)c1C. The summed E-state index contributed by atoms with van der Waals surface area (Å²) in [5.74, 6) is 0. The van der Waals surface area contributed by atoms with Crippen LogP contribution in [0, 0.1) is 13.8 Å². The molecule has 2 aromatic rings. The second-order valence-corrected chi connectivity index (χ2v) is 6.09. The van der Waals surface area contributed by atoms with E-state index in [0.717, 1.165) is 15.5 Å². The van der Waals surface area contributed by atoms with Crippen molar-refractivity contribution in [3.8, 4) is 0 Å². The normalized spacial score (nSPS) is 10.4. The molecule has 0 unspecified atom stereocenters. The van der Waals surface area contributed by atoms with Crippen LogP contribution >= 0.6 is 31.9 Å². The molecule has 0 heterocycles. The van der Waals surface area contributed by atoms with Gasteiger partial charge in [-0.3, -0.25) is 0 Å². The molecule has 0 saturated carbocycles. The summed E-state index contributed by atoms with van der Waals surface area (Å²) in [6.45, 7) is 5.11. The van der Waals surface area contributed by atoms with Gasteiger partial charge in [0.15, 0.2) is 0 Å². The summed E-state index contributed by atoms with van der Waals surface area (Å²) in [5.41, 5.74) is 5.05. The zero-order valence-electron chi connectivity index (χ0n) is 10.4. The van der Waals surface area contributed by atoms with Gasteiger partial charge in [-0.2, -0.15) is 0 Å². The lowest BCUT2D eigenvalue weighted by Gasteiger charge is -2.13. The Balaban J connectivity index is 2.11. The van der Waals surface area contributed by atoms with Gasteiger partial charge in [-0.05, 0) is 54.8 Å². The molecule has 0 radical (unpaired) electrons. The highest BCUT2D eigenvalue weighted by Crippen LogP contribution is 2.26. The Morgan fingerprint density at radius 3 is 2.22 bits per heavy atom. The summed E-state index contributed by atoms with van der Waals surface area (Å²) in [4.78, 5) is 0. The Bertz CT molecular complexity index is 547. The number of anilines is 1. The third kappa shape index (κ3) is 3.15. The van der Waals surface area contributed by atoms with Crippen LogP contribution in [0.25, 0.3) is 0 Å². The van der Waals surface area contributed by atoms with Crippen molar-refractivity contribution in [1.82, 2.24) is 0 Å². The Kier molecular flexibility index (Phi) is 4.46. The summed E-state index contributed by atoms with van der Waals surface area (Å²) in [7, 11) is 0. The van der Waals surface area contributed by atoms with E-state index in [2.05, 4.69) is 87.4 Å². The summed E-state index contributed by atoms with van der Waals surface area (Å²) < 4.78 is 2.27. The second-order valence-electron chi connectivity index (χ2n) is 4.32. The Labute approximate surface area is 125 Å². The lowest BCUT2D eigenvalue weighted by atomic mass is 10.1. The van der Waals surface area contributed by atoms with Crippen LogP contribution in [0.3, 0.4) is 0 Å². The van der Waals surface area contributed by atoms with Gasteiger partial charge in [0.05, 0.1) is 0 Å². The zero-order valence-corrected chi connectivity index (χ0v) is 13.6. The molecule has 1 N–H and O–H groups in total. The Morgan fingerprint density at radius 2 is 1.56 bits per heavy atom. The maximum atomic E-state index is 3.55. The predicted molar refractivity (Wildman–Crippen MR) is 85.1 cm³/mol. The second kappa shape index (κ2) is 5.89. The van der Waals surface area contributed by atoms with Crippen LogP contribution in [-0.4, -0.2) is 0 Å². The number of hydrogen-bond donors (Lipinski definition) is 1. The maximum Gasteiger partial charge on any atom is 0.0400 e. The average molecular weight is 369 g/mol. The summed E-state index contributed by atoms with van der Waals surface area (Å²) in [6, 6.07) is 12.6. The van der Waals surface area contributed by atoms with Crippen molar-refractivity contribution in [3.63, 3.8) is 0 Å². The molecule has 0 aromatic heterocycles. The molecule has 2 aromatic carbocycles. The van der Waals surface area contributed by atoms with Crippen LogP contribution in [0.5, 0.6) is 0 Å². The van der Waals surface area contributed by atoms with E-state index < -0.39 is 0 Å². The molecule has 0 atom stereocenters. The van der Waals surface area contributed by atoms with E-state index in [0.29, 0.717) is 0 Å². The number of benzene rings is 2. The molecular formula is C15H15Br2N. The Morgan fingerprint density at radius 1 is 0.889 bits per heavy atom. The quantitative estimate of drug-likeness (QED) is 0.760. The van der Waals surface area contributed by atoms with Crippen molar-refractivity contribution in [2.45, 2.75) is 20.4 Å². The van der Waals surface area contributed by atoms with E-state index in [9.17, 15) is 0 Å². The molecule has 0 amide bonds. The molecule has 0 aliphatic rings. The van der Waals surface area contributed by atoms with Crippen LogP contribution in [0.4, 0.5) is 5.69 Å². The topological polar surface area (TPSA) is 12.0 Å². The van der Waals surface area contributed by atoms with E-state index in [4.69, 9.17) is 0 Å². The van der Waals surface area contributed by atoms with E-state index in [1.165, 1.54) is 22.4 Å². The van der Waals surface area contributed by atoms with Crippen LogP contribution < -0.4 is 5.32 Å². The predicted octanol–water partition coefficient (Wildman–Crippen LogP) is 5.44. The van der Waals surface area contributed by atoms with Crippen LogP contribution in [0.15, 0.2) is 45.3 Å². The third-order valence-electron chi connectivity index (χ3n) is 3.12. The molecule has 94 valence electrons. The minimum Gasteiger partial charge on any atom is -0.381 e. The molecule has 0 saturated heterocycles. The van der Waals surface area contributed by atoms with Crippen molar-refractivity contribution in [2.75, 3.05) is 5.32 Å². The summed E-state index contributed by atoms with van der Waals surface area (Å²) in [6.07, 6.45) is 0. The van der Waals surface area contributed by atoms with Crippen molar-refractivity contribution in [2.24, 2.45) is 0 Å². The lowest BCUT2D eigenvalue weighted by Crippen LogP contribution is -2.02. The summed E-state index contributed by atoms with van der Waals surface area (Å²) >= 11 is 7.00. The fraction of sp³-hybridized carbons (Fsp3) is 0.200. The van der Waals surface area contributed by atoms with Gasteiger partial charge >= 0.3 is 0 Å². The van der Waals surface area contributed by atoms with Gasteiger partial charge in [0.25, 0.3) is 0 Å². The van der Waals surface area contributed by atoms with Gasteiger partial charge < -0.3 is 5.32 Å². The number of rotatable bonds is 3. The van der Waals surface area contributed by atoms with Gasteiger partial charge in [0.2, 0.25) is 0 Å². The van der Waals surface area contributed by atoms with Crippen LogP contribution in [-0.2, 0) is 6.54 Å². The molecule has 0 aliphatic carbocycles. The summed E-state index contributed by atoms with van der Waals surface area (Å²) in [5, 5.41) is 3.48. The first kappa shape index (κ1) is 13.6. The van der Waals surface area contributed by atoms with Crippen LogP contribution in [0.2, 0.25) is 0 Å². The van der Waals surface area contributed by atoms with E-state index >= 15 is 0 Å². The largest absolute Gasteiger partial charge is 0.381 e. The first-order valence-electron chi connectivity index (χ1n) is 5.82. The van der Waals surface area contributed by atoms with Gasteiger partial charge in [0.1, 0.15) is 0 Å². The smallest absolute Gasteiger partial charge is 0.0400 e.